The van der Waals surface area contributed by atoms with Gasteiger partial charge in [-0.2, -0.15) is 0 Å². The minimum absolute atomic E-state index is 0.459. The molecule has 1 N–H and O–H groups in total. The van der Waals surface area contributed by atoms with E-state index in [2.05, 4.69) is 4.72 Å². The molecule has 0 aliphatic heterocycles. The number of alkyl halides is 1. The summed E-state index contributed by atoms with van der Waals surface area (Å²) in [4.78, 5) is 0. The minimum Gasteiger partial charge on any atom is -0.494 e. The Labute approximate surface area is 101 Å². The summed E-state index contributed by atoms with van der Waals surface area (Å²) in [7, 11) is -3.45. The second kappa shape index (κ2) is 5.41. The molecule has 0 saturated carbocycles. The number of rotatable bonds is 5. The van der Waals surface area contributed by atoms with E-state index >= 15 is 0 Å². The first kappa shape index (κ1) is 13.1. The predicted molar refractivity (Wildman–Crippen MR) is 65.6 cm³/mol. The molecule has 90 valence electrons. The summed E-state index contributed by atoms with van der Waals surface area (Å²) in [6, 6.07) is 5.14. The fourth-order valence-electron chi connectivity index (χ4n) is 1.20. The van der Waals surface area contributed by atoms with Crippen LogP contribution >= 0.6 is 11.6 Å². The maximum Gasteiger partial charge on any atom is 0.246 e. The van der Waals surface area contributed by atoms with Crippen LogP contribution in [0.2, 0.25) is 0 Å². The highest BCUT2D eigenvalue weighted by Crippen LogP contribution is 2.22. The number of aryl methyl sites for hydroxylation is 1. The first-order valence-corrected chi connectivity index (χ1v) is 6.97. The molecule has 0 aliphatic carbocycles. The number of anilines is 1. The summed E-state index contributed by atoms with van der Waals surface area (Å²) in [6.07, 6.45) is 0. The Balaban J connectivity index is 2.91. The van der Waals surface area contributed by atoms with Crippen molar-refractivity contribution < 1.29 is 13.2 Å². The van der Waals surface area contributed by atoms with Gasteiger partial charge in [-0.05, 0) is 37.6 Å². The molecule has 1 rings (SSSR count). The van der Waals surface area contributed by atoms with Crippen LogP contribution in [0, 0.1) is 6.92 Å². The standard InChI is InChI=1S/C10H14ClNO3S/c1-3-15-9-4-5-10(8(2)6-9)12-16(13,14)7-11/h4-6,12H,3,7H2,1-2H3. The zero-order chi connectivity index (χ0) is 12.2. The third-order valence-corrected chi connectivity index (χ3v) is 3.60. The van der Waals surface area contributed by atoms with Crippen LogP contribution in [0.3, 0.4) is 0 Å². The zero-order valence-electron chi connectivity index (χ0n) is 9.16. The Kier molecular flexibility index (Phi) is 4.44. The van der Waals surface area contributed by atoms with Gasteiger partial charge in [-0.15, -0.1) is 11.6 Å². The molecule has 1 aromatic rings. The second-order valence-corrected chi connectivity index (χ2v) is 5.54. The molecule has 0 aliphatic rings. The van der Waals surface area contributed by atoms with Crippen molar-refractivity contribution in [1.29, 1.82) is 0 Å². The van der Waals surface area contributed by atoms with Crippen LogP contribution in [0.1, 0.15) is 12.5 Å². The van der Waals surface area contributed by atoms with E-state index in [4.69, 9.17) is 16.3 Å². The molecule has 1 aromatic carbocycles. The van der Waals surface area contributed by atoms with Crippen molar-refractivity contribution in [2.75, 3.05) is 16.5 Å². The van der Waals surface area contributed by atoms with Gasteiger partial charge in [-0.1, -0.05) is 0 Å². The van der Waals surface area contributed by atoms with Crippen LogP contribution in [0.25, 0.3) is 0 Å². The van der Waals surface area contributed by atoms with Crippen molar-refractivity contribution in [2.45, 2.75) is 13.8 Å². The van der Waals surface area contributed by atoms with Gasteiger partial charge in [-0.3, -0.25) is 4.72 Å². The summed E-state index contributed by atoms with van der Waals surface area (Å²) in [5.41, 5.74) is 1.31. The monoisotopic (exact) mass is 263 g/mol. The van der Waals surface area contributed by atoms with E-state index in [9.17, 15) is 8.42 Å². The predicted octanol–water partition coefficient (Wildman–Crippen LogP) is 2.33. The number of hydrogen-bond donors (Lipinski definition) is 1. The number of benzene rings is 1. The molecule has 6 heteroatoms. The summed E-state index contributed by atoms with van der Waals surface area (Å²) < 4.78 is 30.2. The van der Waals surface area contributed by atoms with Gasteiger partial charge in [0.25, 0.3) is 0 Å². The maximum atomic E-state index is 11.3. The highest BCUT2D eigenvalue weighted by molar-refractivity contribution is 7.93. The van der Waals surface area contributed by atoms with E-state index in [-0.39, 0.29) is 0 Å². The van der Waals surface area contributed by atoms with Crippen LogP contribution in [-0.4, -0.2) is 20.2 Å². The van der Waals surface area contributed by atoms with E-state index in [1.54, 1.807) is 25.1 Å². The van der Waals surface area contributed by atoms with Gasteiger partial charge in [-0.25, -0.2) is 8.42 Å². The van der Waals surface area contributed by atoms with Crippen molar-refractivity contribution in [3.05, 3.63) is 23.8 Å². The number of nitrogens with one attached hydrogen (secondary N) is 1. The van der Waals surface area contributed by atoms with Crippen LogP contribution in [0.4, 0.5) is 5.69 Å². The topological polar surface area (TPSA) is 55.4 Å². The lowest BCUT2D eigenvalue weighted by Gasteiger charge is -2.10. The number of sulfonamides is 1. The van der Waals surface area contributed by atoms with Crippen LogP contribution in [-0.2, 0) is 10.0 Å². The van der Waals surface area contributed by atoms with Gasteiger partial charge in [0, 0.05) is 0 Å². The Morgan fingerprint density at radius 2 is 2.12 bits per heavy atom. The van der Waals surface area contributed by atoms with Crippen molar-refractivity contribution in [3.8, 4) is 5.75 Å². The van der Waals surface area contributed by atoms with Gasteiger partial charge in [0.1, 0.15) is 11.0 Å². The summed E-state index contributed by atoms with van der Waals surface area (Å²) in [5, 5.41) is -0.459. The number of halogens is 1. The lowest BCUT2D eigenvalue weighted by atomic mass is 10.2. The number of hydrogen-bond acceptors (Lipinski definition) is 3. The molecule has 0 spiro atoms. The average Bonchev–Trinajstić information content (AvgIpc) is 2.23. The van der Waals surface area contributed by atoms with Crippen molar-refractivity contribution in [2.24, 2.45) is 0 Å². The van der Waals surface area contributed by atoms with E-state index in [1.807, 2.05) is 6.92 Å². The summed E-state index contributed by atoms with van der Waals surface area (Å²) in [6.45, 7) is 4.26. The number of ether oxygens (including phenoxy) is 1. The Morgan fingerprint density at radius 1 is 1.44 bits per heavy atom. The lowest BCUT2D eigenvalue weighted by molar-refractivity contribution is 0.340. The molecule has 0 atom stereocenters. The molecule has 4 nitrogen and oxygen atoms in total. The van der Waals surface area contributed by atoms with Crippen molar-refractivity contribution in [3.63, 3.8) is 0 Å². The molecule has 0 bridgehead atoms. The van der Waals surface area contributed by atoms with Crippen LogP contribution in [0.5, 0.6) is 5.75 Å². The van der Waals surface area contributed by atoms with Gasteiger partial charge in [0.05, 0.1) is 12.3 Å². The van der Waals surface area contributed by atoms with Gasteiger partial charge in [0.2, 0.25) is 10.0 Å². The van der Waals surface area contributed by atoms with Gasteiger partial charge >= 0.3 is 0 Å². The molecule has 0 fully saturated rings. The molecular weight excluding hydrogens is 250 g/mol. The Bertz CT molecular complexity index is 459. The normalized spacial score (nSPS) is 11.2. The SMILES string of the molecule is CCOc1ccc(NS(=O)(=O)CCl)c(C)c1. The molecule has 0 aromatic heterocycles. The molecule has 16 heavy (non-hydrogen) atoms. The Morgan fingerprint density at radius 3 is 2.62 bits per heavy atom. The van der Waals surface area contributed by atoms with Crippen molar-refractivity contribution in [1.82, 2.24) is 0 Å². The molecule has 0 unspecified atom stereocenters. The molecule has 0 amide bonds. The van der Waals surface area contributed by atoms with E-state index < -0.39 is 15.2 Å². The molecule has 0 saturated heterocycles. The van der Waals surface area contributed by atoms with E-state index in [1.165, 1.54) is 0 Å². The Hall–Kier alpha value is -0.940. The van der Waals surface area contributed by atoms with Crippen molar-refractivity contribution >= 4 is 27.3 Å². The fourth-order valence-corrected chi connectivity index (χ4v) is 1.98. The molecular formula is C10H14ClNO3S. The fraction of sp³-hybridized carbons (Fsp3) is 0.400. The zero-order valence-corrected chi connectivity index (χ0v) is 10.7. The lowest BCUT2D eigenvalue weighted by Crippen LogP contribution is -2.14. The van der Waals surface area contributed by atoms with Crippen LogP contribution < -0.4 is 9.46 Å². The second-order valence-electron chi connectivity index (χ2n) is 3.24. The highest BCUT2D eigenvalue weighted by Gasteiger charge is 2.10. The first-order chi connectivity index (χ1) is 7.48. The van der Waals surface area contributed by atoms with Crippen LogP contribution in [0.15, 0.2) is 18.2 Å². The highest BCUT2D eigenvalue weighted by atomic mass is 35.5. The van der Waals surface area contributed by atoms with Gasteiger partial charge < -0.3 is 4.74 Å². The molecule has 0 radical (unpaired) electrons. The summed E-state index contributed by atoms with van der Waals surface area (Å²) >= 11 is 5.30. The third-order valence-electron chi connectivity index (χ3n) is 1.92. The maximum absolute atomic E-state index is 11.3. The quantitative estimate of drug-likeness (QED) is 0.830. The summed E-state index contributed by atoms with van der Waals surface area (Å²) in [5.74, 6) is 0.717. The smallest absolute Gasteiger partial charge is 0.246 e. The first-order valence-electron chi connectivity index (χ1n) is 4.78. The molecule has 0 heterocycles. The van der Waals surface area contributed by atoms with E-state index in [0.717, 1.165) is 5.56 Å². The van der Waals surface area contributed by atoms with E-state index in [0.29, 0.717) is 18.0 Å². The van der Waals surface area contributed by atoms with Gasteiger partial charge in [0.15, 0.2) is 0 Å². The average molecular weight is 264 g/mol. The minimum atomic E-state index is -3.45. The third kappa shape index (κ3) is 3.57. The largest absolute Gasteiger partial charge is 0.494 e.